The van der Waals surface area contributed by atoms with Gasteiger partial charge in [0.25, 0.3) is 0 Å². The molecule has 2 aliphatic carbocycles. The van der Waals surface area contributed by atoms with E-state index >= 15 is 0 Å². The molecule has 0 unspecified atom stereocenters. The smallest absolute Gasteiger partial charge is 0.0641 e. The summed E-state index contributed by atoms with van der Waals surface area (Å²) in [6.07, 6.45) is 11.6. The van der Waals surface area contributed by atoms with Crippen molar-refractivity contribution in [3.8, 4) is 0 Å². The summed E-state index contributed by atoms with van der Waals surface area (Å²) in [7, 11) is 2.04. The maximum absolute atomic E-state index is 4.51. The monoisotopic (exact) mass is 275 g/mol. The van der Waals surface area contributed by atoms with Gasteiger partial charge in [-0.25, -0.2) is 0 Å². The van der Waals surface area contributed by atoms with Crippen molar-refractivity contribution in [1.82, 2.24) is 15.1 Å². The first kappa shape index (κ1) is 14.1. The zero-order chi connectivity index (χ0) is 14.2. The second-order valence-corrected chi connectivity index (χ2v) is 7.14. The first-order chi connectivity index (χ1) is 9.60. The van der Waals surface area contributed by atoms with Crippen molar-refractivity contribution in [3.05, 3.63) is 17.0 Å². The van der Waals surface area contributed by atoms with Gasteiger partial charge in [0.1, 0.15) is 0 Å². The number of aryl methyl sites for hydroxylation is 2. The van der Waals surface area contributed by atoms with E-state index in [0.717, 1.165) is 18.0 Å². The second-order valence-electron chi connectivity index (χ2n) is 7.14. The van der Waals surface area contributed by atoms with Crippen molar-refractivity contribution in [2.45, 2.75) is 77.8 Å². The van der Waals surface area contributed by atoms with Crippen LogP contribution in [0, 0.1) is 19.3 Å². The normalized spacial score (nSPS) is 22.8. The highest BCUT2D eigenvalue weighted by Crippen LogP contribution is 2.48. The van der Waals surface area contributed by atoms with Crippen molar-refractivity contribution < 1.29 is 0 Å². The number of hydrogen-bond acceptors (Lipinski definition) is 2. The first-order valence-electron chi connectivity index (χ1n) is 8.32. The quantitative estimate of drug-likeness (QED) is 0.913. The Morgan fingerprint density at radius 2 is 1.80 bits per heavy atom. The van der Waals surface area contributed by atoms with Gasteiger partial charge < -0.3 is 5.32 Å². The SMILES string of the molecule is Cc1nn(C)c(C)c1CNC1CCC2(CCCC2)CC1. The largest absolute Gasteiger partial charge is 0.310 e. The summed E-state index contributed by atoms with van der Waals surface area (Å²) in [5.74, 6) is 0. The lowest BCUT2D eigenvalue weighted by atomic mass is 9.71. The van der Waals surface area contributed by atoms with E-state index in [9.17, 15) is 0 Å². The standard InChI is InChI=1S/C17H29N3/c1-13-16(14(2)20(3)19-13)12-18-15-6-10-17(11-7-15)8-4-5-9-17/h15,18H,4-12H2,1-3H3. The fourth-order valence-corrected chi connectivity index (χ4v) is 4.38. The minimum atomic E-state index is 0.722. The van der Waals surface area contributed by atoms with E-state index in [-0.39, 0.29) is 0 Å². The molecular weight excluding hydrogens is 246 g/mol. The van der Waals surface area contributed by atoms with Crippen LogP contribution in [0.15, 0.2) is 0 Å². The van der Waals surface area contributed by atoms with Gasteiger partial charge in [-0.1, -0.05) is 12.8 Å². The number of nitrogens with one attached hydrogen (secondary N) is 1. The number of rotatable bonds is 3. The van der Waals surface area contributed by atoms with Crippen LogP contribution in [-0.2, 0) is 13.6 Å². The Kier molecular flexibility index (Phi) is 3.89. The Labute approximate surface area is 123 Å². The Hall–Kier alpha value is -0.830. The molecular formula is C17H29N3. The van der Waals surface area contributed by atoms with Gasteiger partial charge in [0.15, 0.2) is 0 Å². The third kappa shape index (κ3) is 2.65. The number of nitrogens with zero attached hydrogens (tertiary/aromatic N) is 2. The Morgan fingerprint density at radius 3 is 2.35 bits per heavy atom. The van der Waals surface area contributed by atoms with Gasteiger partial charge in [-0.2, -0.15) is 5.10 Å². The summed E-state index contributed by atoms with van der Waals surface area (Å²) < 4.78 is 2.00. The van der Waals surface area contributed by atoms with E-state index in [1.807, 2.05) is 11.7 Å². The fraction of sp³-hybridized carbons (Fsp3) is 0.824. The minimum Gasteiger partial charge on any atom is -0.310 e. The van der Waals surface area contributed by atoms with Crippen LogP contribution in [0.25, 0.3) is 0 Å². The zero-order valence-corrected chi connectivity index (χ0v) is 13.3. The average molecular weight is 275 g/mol. The molecule has 0 aromatic carbocycles. The van der Waals surface area contributed by atoms with Crippen LogP contribution in [0.1, 0.15) is 68.3 Å². The molecule has 3 nitrogen and oxygen atoms in total. The Morgan fingerprint density at radius 1 is 1.15 bits per heavy atom. The van der Waals surface area contributed by atoms with Crippen molar-refractivity contribution >= 4 is 0 Å². The van der Waals surface area contributed by atoms with E-state index in [2.05, 4.69) is 24.3 Å². The molecule has 2 aliphatic rings. The summed E-state index contributed by atoms with van der Waals surface area (Å²) in [5.41, 5.74) is 4.63. The summed E-state index contributed by atoms with van der Waals surface area (Å²) in [5, 5.41) is 8.29. The lowest BCUT2D eigenvalue weighted by Crippen LogP contribution is -2.36. The van der Waals surface area contributed by atoms with Gasteiger partial charge in [-0.05, 0) is 57.8 Å². The average Bonchev–Trinajstić information content (AvgIpc) is 2.98. The van der Waals surface area contributed by atoms with Crippen LogP contribution in [0.5, 0.6) is 0 Å². The molecule has 0 atom stereocenters. The molecule has 1 heterocycles. The van der Waals surface area contributed by atoms with Gasteiger partial charge in [-0.3, -0.25) is 4.68 Å². The molecule has 1 aromatic rings. The van der Waals surface area contributed by atoms with Gasteiger partial charge in [0.2, 0.25) is 0 Å². The predicted molar refractivity (Wildman–Crippen MR) is 82.7 cm³/mol. The lowest BCUT2D eigenvalue weighted by molar-refractivity contribution is 0.168. The van der Waals surface area contributed by atoms with Crippen molar-refractivity contribution in [2.24, 2.45) is 12.5 Å². The molecule has 2 fully saturated rings. The third-order valence-corrected chi connectivity index (χ3v) is 5.94. The number of aromatic nitrogens is 2. The predicted octanol–water partition coefficient (Wildman–Crippen LogP) is 3.63. The van der Waals surface area contributed by atoms with Gasteiger partial charge in [-0.15, -0.1) is 0 Å². The highest BCUT2D eigenvalue weighted by molar-refractivity contribution is 5.24. The Bertz CT molecular complexity index is 459. The molecule has 1 spiro atoms. The summed E-state index contributed by atoms with van der Waals surface area (Å²) in [6, 6.07) is 0.722. The van der Waals surface area contributed by atoms with Crippen LogP contribution in [-0.4, -0.2) is 15.8 Å². The zero-order valence-electron chi connectivity index (χ0n) is 13.3. The minimum absolute atomic E-state index is 0.722. The maximum atomic E-state index is 4.51. The molecule has 0 aliphatic heterocycles. The van der Waals surface area contributed by atoms with E-state index < -0.39 is 0 Å². The van der Waals surface area contributed by atoms with Crippen molar-refractivity contribution in [1.29, 1.82) is 0 Å². The molecule has 0 saturated heterocycles. The molecule has 3 rings (SSSR count). The van der Waals surface area contributed by atoms with Crippen molar-refractivity contribution in [3.63, 3.8) is 0 Å². The molecule has 0 bridgehead atoms. The number of hydrogen-bond donors (Lipinski definition) is 1. The van der Waals surface area contributed by atoms with Crippen LogP contribution >= 0.6 is 0 Å². The Balaban J connectivity index is 1.52. The molecule has 112 valence electrons. The third-order valence-electron chi connectivity index (χ3n) is 5.94. The molecule has 1 aromatic heterocycles. The van der Waals surface area contributed by atoms with Crippen LogP contribution < -0.4 is 5.32 Å². The molecule has 0 amide bonds. The molecule has 0 radical (unpaired) electrons. The van der Waals surface area contributed by atoms with E-state index in [0.29, 0.717) is 0 Å². The van der Waals surface area contributed by atoms with E-state index in [4.69, 9.17) is 0 Å². The maximum Gasteiger partial charge on any atom is 0.0641 e. The van der Waals surface area contributed by atoms with Crippen LogP contribution in [0.2, 0.25) is 0 Å². The van der Waals surface area contributed by atoms with Crippen LogP contribution in [0.3, 0.4) is 0 Å². The summed E-state index contributed by atoms with van der Waals surface area (Å²) in [4.78, 5) is 0. The van der Waals surface area contributed by atoms with Gasteiger partial charge >= 0.3 is 0 Å². The van der Waals surface area contributed by atoms with Gasteiger partial charge in [0, 0.05) is 30.9 Å². The van der Waals surface area contributed by atoms with Gasteiger partial charge in [0.05, 0.1) is 5.69 Å². The molecule has 1 N–H and O–H groups in total. The highest BCUT2D eigenvalue weighted by Gasteiger charge is 2.37. The van der Waals surface area contributed by atoms with Crippen LogP contribution in [0.4, 0.5) is 0 Å². The fourth-order valence-electron chi connectivity index (χ4n) is 4.38. The van der Waals surface area contributed by atoms with Crippen molar-refractivity contribution in [2.75, 3.05) is 0 Å². The lowest BCUT2D eigenvalue weighted by Gasteiger charge is -2.37. The highest BCUT2D eigenvalue weighted by atomic mass is 15.3. The summed E-state index contributed by atoms with van der Waals surface area (Å²) >= 11 is 0. The molecule has 3 heteroatoms. The summed E-state index contributed by atoms with van der Waals surface area (Å²) in [6.45, 7) is 5.28. The second kappa shape index (κ2) is 5.51. The topological polar surface area (TPSA) is 29.9 Å². The molecule has 2 saturated carbocycles. The molecule has 20 heavy (non-hydrogen) atoms. The van der Waals surface area contributed by atoms with E-state index in [1.165, 1.54) is 68.3 Å². The first-order valence-corrected chi connectivity index (χ1v) is 8.32. The van der Waals surface area contributed by atoms with E-state index in [1.54, 1.807) is 0 Å².